The van der Waals surface area contributed by atoms with E-state index in [1.165, 1.54) is 23.5 Å². The number of thiophene rings is 1. The Kier molecular flexibility index (Phi) is 6.00. The highest BCUT2D eigenvalue weighted by Gasteiger charge is 2.28. The van der Waals surface area contributed by atoms with Crippen molar-refractivity contribution in [1.29, 1.82) is 0 Å². The van der Waals surface area contributed by atoms with Gasteiger partial charge in [-0.2, -0.15) is 0 Å². The van der Waals surface area contributed by atoms with Crippen LogP contribution in [0, 0.1) is 5.82 Å². The minimum atomic E-state index is -0.844. The molecule has 0 unspecified atom stereocenters. The molecule has 1 aliphatic heterocycles. The predicted molar refractivity (Wildman–Crippen MR) is 97.8 cm³/mol. The number of carboxylic acids is 1. The van der Waals surface area contributed by atoms with Crippen molar-refractivity contribution in [2.45, 2.75) is 18.9 Å². The minimum absolute atomic E-state index is 0.0449. The van der Waals surface area contributed by atoms with Gasteiger partial charge < -0.3 is 10.0 Å². The van der Waals surface area contributed by atoms with Gasteiger partial charge in [0.05, 0.1) is 4.88 Å². The monoisotopic (exact) mass is 376 g/mol. The van der Waals surface area contributed by atoms with Gasteiger partial charge in [-0.1, -0.05) is 18.2 Å². The van der Waals surface area contributed by atoms with Crippen molar-refractivity contribution in [3.63, 3.8) is 0 Å². The second-order valence-electron chi connectivity index (χ2n) is 6.31. The Morgan fingerprint density at radius 2 is 1.81 bits per heavy atom. The van der Waals surface area contributed by atoms with Crippen molar-refractivity contribution in [3.05, 3.63) is 58.0 Å². The Labute approximate surface area is 155 Å². The summed E-state index contributed by atoms with van der Waals surface area (Å²) in [5, 5.41) is 10.9. The lowest BCUT2D eigenvalue weighted by Crippen LogP contribution is -2.49. The summed E-state index contributed by atoms with van der Waals surface area (Å²) in [6, 6.07) is 9.83. The standard InChI is InChI=1S/C19H21FN2O3S/c20-15-5-3-14(4-6-15)16(7-8-18(23)24)21-9-11-22(12-10-21)19(25)17-2-1-13-26-17/h1-6,13,16H,7-12H2,(H,23,24)/t16-/m0/s1. The van der Waals surface area contributed by atoms with Crippen molar-refractivity contribution >= 4 is 23.2 Å². The fourth-order valence-electron chi connectivity index (χ4n) is 3.30. The summed E-state index contributed by atoms with van der Waals surface area (Å²) in [4.78, 5) is 28.2. The molecule has 0 saturated carbocycles. The van der Waals surface area contributed by atoms with Crippen molar-refractivity contribution in [3.8, 4) is 0 Å². The molecule has 1 saturated heterocycles. The number of carbonyl (C=O) groups excluding carboxylic acids is 1. The molecule has 2 heterocycles. The molecule has 138 valence electrons. The molecule has 1 aliphatic rings. The number of halogens is 1. The molecule has 1 aromatic heterocycles. The molecule has 26 heavy (non-hydrogen) atoms. The van der Waals surface area contributed by atoms with E-state index in [2.05, 4.69) is 4.90 Å². The first-order valence-corrected chi connectivity index (χ1v) is 9.46. The van der Waals surface area contributed by atoms with Crippen LogP contribution >= 0.6 is 11.3 Å². The second kappa shape index (κ2) is 8.42. The maximum absolute atomic E-state index is 13.2. The molecule has 5 nitrogen and oxygen atoms in total. The number of carbonyl (C=O) groups is 2. The van der Waals surface area contributed by atoms with Gasteiger partial charge in [-0.05, 0) is 35.6 Å². The topological polar surface area (TPSA) is 60.9 Å². The molecule has 1 aromatic carbocycles. The third kappa shape index (κ3) is 4.47. The van der Waals surface area contributed by atoms with E-state index < -0.39 is 5.97 Å². The molecule has 1 atom stereocenters. The number of piperazine rings is 1. The zero-order chi connectivity index (χ0) is 18.5. The summed E-state index contributed by atoms with van der Waals surface area (Å²) >= 11 is 1.44. The van der Waals surface area contributed by atoms with Gasteiger partial charge in [-0.15, -0.1) is 11.3 Å². The molecule has 0 bridgehead atoms. The van der Waals surface area contributed by atoms with Crippen LogP contribution in [0.25, 0.3) is 0 Å². The maximum Gasteiger partial charge on any atom is 0.303 e. The number of rotatable bonds is 6. The maximum atomic E-state index is 13.2. The van der Waals surface area contributed by atoms with Crippen molar-refractivity contribution < 1.29 is 19.1 Å². The highest BCUT2D eigenvalue weighted by Crippen LogP contribution is 2.27. The van der Waals surface area contributed by atoms with Gasteiger partial charge in [0.2, 0.25) is 0 Å². The Morgan fingerprint density at radius 1 is 1.12 bits per heavy atom. The Hall–Kier alpha value is -2.25. The number of hydrogen-bond donors (Lipinski definition) is 1. The molecule has 0 aliphatic carbocycles. The number of nitrogens with zero attached hydrogens (tertiary/aromatic N) is 2. The smallest absolute Gasteiger partial charge is 0.303 e. The van der Waals surface area contributed by atoms with Gasteiger partial charge in [0.1, 0.15) is 5.82 Å². The van der Waals surface area contributed by atoms with E-state index in [1.807, 2.05) is 22.4 Å². The predicted octanol–water partition coefficient (Wildman–Crippen LogP) is 3.25. The van der Waals surface area contributed by atoms with Gasteiger partial charge in [-0.3, -0.25) is 14.5 Å². The Bertz CT molecular complexity index is 741. The van der Waals surface area contributed by atoms with E-state index in [9.17, 15) is 14.0 Å². The second-order valence-corrected chi connectivity index (χ2v) is 7.25. The average molecular weight is 376 g/mol. The molecule has 2 aromatic rings. The Balaban J connectivity index is 1.67. The van der Waals surface area contributed by atoms with Crippen LogP contribution in [-0.4, -0.2) is 53.0 Å². The zero-order valence-corrected chi connectivity index (χ0v) is 15.1. The van der Waals surface area contributed by atoms with E-state index in [1.54, 1.807) is 12.1 Å². The van der Waals surface area contributed by atoms with E-state index in [-0.39, 0.29) is 24.2 Å². The largest absolute Gasteiger partial charge is 0.481 e. The van der Waals surface area contributed by atoms with Gasteiger partial charge >= 0.3 is 5.97 Å². The molecule has 1 amide bonds. The number of hydrogen-bond acceptors (Lipinski definition) is 4. The molecular formula is C19H21FN2O3S. The van der Waals surface area contributed by atoms with Crippen LogP contribution in [0.4, 0.5) is 4.39 Å². The van der Waals surface area contributed by atoms with E-state index in [0.29, 0.717) is 32.6 Å². The van der Waals surface area contributed by atoms with Gasteiger partial charge in [-0.25, -0.2) is 4.39 Å². The van der Waals surface area contributed by atoms with Crippen LogP contribution in [0.1, 0.15) is 34.1 Å². The SMILES string of the molecule is O=C(O)CC[C@@H](c1ccc(F)cc1)N1CCN(C(=O)c2cccs2)CC1. The molecule has 0 radical (unpaired) electrons. The molecule has 1 N–H and O–H groups in total. The third-order valence-corrected chi connectivity index (χ3v) is 5.52. The lowest BCUT2D eigenvalue weighted by Gasteiger charge is -2.39. The normalized spacial score (nSPS) is 16.4. The van der Waals surface area contributed by atoms with Gasteiger partial charge in [0.15, 0.2) is 0 Å². The lowest BCUT2D eigenvalue weighted by molar-refractivity contribution is -0.137. The molecule has 3 rings (SSSR count). The van der Waals surface area contributed by atoms with Gasteiger partial charge in [0.25, 0.3) is 5.91 Å². The van der Waals surface area contributed by atoms with Crippen LogP contribution in [0.15, 0.2) is 41.8 Å². The summed E-state index contributed by atoms with van der Waals surface area (Å²) in [6.45, 7) is 2.53. The van der Waals surface area contributed by atoms with Crippen molar-refractivity contribution in [2.24, 2.45) is 0 Å². The summed E-state index contributed by atoms with van der Waals surface area (Å²) in [5.41, 5.74) is 0.908. The van der Waals surface area contributed by atoms with E-state index in [4.69, 9.17) is 5.11 Å². The number of benzene rings is 1. The zero-order valence-electron chi connectivity index (χ0n) is 14.3. The lowest BCUT2D eigenvalue weighted by atomic mass is 9.99. The molecular weight excluding hydrogens is 355 g/mol. The van der Waals surface area contributed by atoms with Crippen molar-refractivity contribution in [2.75, 3.05) is 26.2 Å². The van der Waals surface area contributed by atoms with Gasteiger partial charge in [0, 0.05) is 38.6 Å². The summed E-state index contributed by atoms with van der Waals surface area (Å²) in [5.74, 6) is -1.11. The summed E-state index contributed by atoms with van der Waals surface area (Å²) < 4.78 is 13.2. The first-order valence-electron chi connectivity index (χ1n) is 8.58. The quantitative estimate of drug-likeness (QED) is 0.841. The number of carboxylic acid groups (broad SMARTS) is 1. The summed E-state index contributed by atoms with van der Waals surface area (Å²) in [7, 11) is 0. The first-order chi connectivity index (χ1) is 12.5. The number of aliphatic carboxylic acids is 1. The first kappa shape index (κ1) is 18.5. The van der Waals surface area contributed by atoms with Crippen LogP contribution in [-0.2, 0) is 4.79 Å². The molecule has 1 fully saturated rings. The van der Waals surface area contributed by atoms with Crippen LogP contribution < -0.4 is 0 Å². The number of amides is 1. The third-order valence-electron chi connectivity index (χ3n) is 4.66. The summed E-state index contributed by atoms with van der Waals surface area (Å²) in [6.07, 6.45) is 0.510. The van der Waals surface area contributed by atoms with Crippen LogP contribution in [0.2, 0.25) is 0 Å². The van der Waals surface area contributed by atoms with Crippen LogP contribution in [0.5, 0.6) is 0 Å². The molecule has 7 heteroatoms. The highest BCUT2D eigenvalue weighted by atomic mass is 32.1. The van der Waals surface area contributed by atoms with Crippen LogP contribution in [0.3, 0.4) is 0 Å². The fraction of sp³-hybridized carbons (Fsp3) is 0.368. The highest BCUT2D eigenvalue weighted by molar-refractivity contribution is 7.12. The Morgan fingerprint density at radius 3 is 2.38 bits per heavy atom. The molecule has 0 spiro atoms. The van der Waals surface area contributed by atoms with E-state index in [0.717, 1.165) is 10.4 Å². The average Bonchev–Trinajstić information content (AvgIpc) is 3.18. The van der Waals surface area contributed by atoms with E-state index >= 15 is 0 Å². The minimum Gasteiger partial charge on any atom is -0.481 e. The fourth-order valence-corrected chi connectivity index (χ4v) is 3.99. The van der Waals surface area contributed by atoms with Crippen molar-refractivity contribution in [1.82, 2.24) is 9.80 Å².